The number of halogens is 1. The maximum absolute atomic E-state index is 12.8. The predicted octanol–water partition coefficient (Wildman–Crippen LogP) is 2.93. The highest BCUT2D eigenvalue weighted by Gasteiger charge is 2.42. The van der Waals surface area contributed by atoms with E-state index < -0.39 is 27.8 Å². The van der Waals surface area contributed by atoms with E-state index in [2.05, 4.69) is 0 Å². The van der Waals surface area contributed by atoms with Crippen LogP contribution in [-0.2, 0) is 14.8 Å². The number of benzene rings is 2. The highest BCUT2D eigenvalue weighted by Crippen LogP contribution is 2.32. The smallest absolute Gasteiger partial charge is 0.259 e. The van der Waals surface area contributed by atoms with Crippen molar-refractivity contribution in [3.05, 3.63) is 59.1 Å². The van der Waals surface area contributed by atoms with Crippen molar-refractivity contribution in [3.8, 4) is 0 Å². The number of hydrogen-bond acceptors (Lipinski definition) is 4. The Kier molecular flexibility index (Phi) is 4.77. The molecule has 1 unspecified atom stereocenters. The van der Waals surface area contributed by atoms with Gasteiger partial charge in [-0.2, -0.15) is 0 Å². The molecule has 0 radical (unpaired) electrons. The Balaban J connectivity index is 2.01. The van der Waals surface area contributed by atoms with Gasteiger partial charge < -0.3 is 4.90 Å². The molecule has 1 heterocycles. The zero-order valence-electron chi connectivity index (χ0n) is 14.2. The van der Waals surface area contributed by atoms with Gasteiger partial charge in [0, 0.05) is 12.7 Å². The third-order valence-corrected chi connectivity index (χ3v) is 6.42. The van der Waals surface area contributed by atoms with Crippen LogP contribution in [0.15, 0.2) is 48.5 Å². The van der Waals surface area contributed by atoms with Crippen LogP contribution in [0.1, 0.15) is 17.3 Å². The molecule has 2 aromatic carbocycles. The van der Waals surface area contributed by atoms with E-state index >= 15 is 0 Å². The third kappa shape index (κ3) is 3.20. The van der Waals surface area contributed by atoms with Crippen molar-refractivity contribution < 1.29 is 18.0 Å². The highest BCUT2D eigenvalue weighted by molar-refractivity contribution is 7.94. The molecule has 1 fully saturated rings. The molecule has 26 heavy (non-hydrogen) atoms. The molecule has 136 valence electrons. The molecule has 1 aliphatic rings. The van der Waals surface area contributed by atoms with Gasteiger partial charge in [-0.3, -0.25) is 9.59 Å². The van der Waals surface area contributed by atoms with Crippen LogP contribution in [0.25, 0.3) is 0 Å². The normalized spacial score (nSPS) is 18.8. The third-order valence-electron chi connectivity index (χ3n) is 4.22. The lowest BCUT2D eigenvalue weighted by Gasteiger charge is -2.20. The maximum atomic E-state index is 12.8. The van der Waals surface area contributed by atoms with Gasteiger partial charge in [-0.1, -0.05) is 36.7 Å². The Morgan fingerprint density at radius 1 is 1.19 bits per heavy atom. The average Bonchev–Trinajstić information content (AvgIpc) is 2.82. The van der Waals surface area contributed by atoms with Crippen LogP contribution in [0.5, 0.6) is 0 Å². The first-order valence-electron chi connectivity index (χ1n) is 7.92. The topological polar surface area (TPSA) is 74.8 Å². The molecule has 2 aromatic rings. The van der Waals surface area contributed by atoms with Crippen molar-refractivity contribution in [1.82, 2.24) is 0 Å². The van der Waals surface area contributed by atoms with E-state index in [0.29, 0.717) is 5.69 Å². The van der Waals surface area contributed by atoms with Gasteiger partial charge in [-0.15, -0.1) is 0 Å². The molecule has 1 aliphatic heterocycles. The summed E-state index contributed by atoms with van der Waals surface area (Å²) in [6.45, 7) is 1.56. The lowest BCUT2D eigenvalue weighted by atomic mass is 10.1. The fourth-order valence-electron chi connectivity index (χ4n) is 2.84. The molecule has 8 heteroatoms. The Morgan fingerprint density at radius 2 is 1.85 bits per heavy atom. The summed E-state index contributed by atoms with van der Waals surface area (Å²) < 4.78 is 25.3. The Bertz CT molecular complexity index is 976. The van der Waals surface area contributed by atoms with Gasteiger partial charge in [0.15, 0.2) is 0 Å². The second kappa shape index (κ2) is 6.74. The SMILES string of the molecule is CC1CS(=O)(=O)N(c2ccc(Cl)c(C(=O)N(C)c3ccccc3)c2)C1=O. The van der Waals surface area contributed by atoms with Gasteiger partial charge in [-0.05, 0) is 30.3 Å². The van der Waals surface area contributed by atoms with Crippen LogP contribution in [-0.4, -0.2) is 33.0 Å². The summed E-state index contributed by atoms with van der Waals surface area (Å²) >= 11 is 6.17. The lowest BCUT2D eigenvalue weighted by Crippen LogP contribution is -2.31. The van der Waals surface area contributed by atoms with E-state index in [-0.39, 0.29) is 22.0 Å². The second-order valence-corrected chi connectivity index (χ2v) is 8.42. The van der Waals surface area contributed by atoms with Crippen molar-refractivity contribution in [1.29, 1.82) is 0 Å². The van der Waals surface area contributed by atoms with Crippen LogP contribution in [0.2, 0.25) is 5.02 Å². The standard InChI is InChI=1S/C18H17ClN2O4S/c1-12-11-26(24,25)21(17(12)22)14-8-9-16(19)15(10-14)18(23)20(2)13-6-4-3-5-7-13/h3-10,12H,11H2,1-2H3. The molecule has 0 spiro atoms. The summed E-state index contributed by atoms with van der Waals surface area (Å²) in [6, 6.07) is 13.2. The summed E-state index contributed by atoms with van der Waals surface area (Å²) in [4.78, 5) is 26.5. The molecule has 1 saturated heterocycles. The lowest BCUT2D eigenvalue weighted by molar-refractivity contribution is -0.119. The number of rotatable bonds is 3. The molecule has 6 nitrogen and oxygen atoms in total. The Labute approximate surface area is 157 Å². The molecule has 3 rings (SSSR count). The molecule has 0 bridgehead atoms. The minimum absolute atomic E-state index is 0.119. The maximum Gasteiger partial charge on any atom is 0.259 e. The van der Waals surface area contributed by atoms with Gasteiger partial charge in [0.25, 0.3) is 5.91 Å². The zero-order valence-corrected chi connectivity index (χ0v) is 15.8. The van der Waals surface area contributed by atoms with Crippen molar-refractivity contribution >= 4 is 44.8 Å². The van der Waals surface area contributed by atoms with Crippen LogP contribution in [0.3, 0.4) is 0 Å². The second-order valence-electron chi connectivity index (χ2n) is 6.15. The first-order chi connectivity index (χ1) is 12.2. The quantitative estimate of drug-likeness (QED) is 0.804. The number of anilines is 2. The summed E-state index contributed by atoms with van der Waals surface area (Å²) in [5, 5.41) is 0.179. The molecule has 1 atom stereocenters. The first kappa shape index (κ1) is 18.4. The van der Waals surface area contributed by atoms with Crippen molar-refractivity contribution in [2.45, 2.75) is 6.92 Å². The van der Waals surface area contributed by atoms with Gasteiger partial charge in [0.2, 0.25) is 15.9 Å². The van der Waals surface area contributed by atoms with Crippen LogP contribution in [0, 0.1) is 5.92 Å². The van der Waals surface area contributed by atoms with E-state index in [1.54, 1.807) is 38.2 Å². The Morgan fingerprint density at radius 3 is 2.42 bits per heavy atom. The molecular weight excluding hydrogens is 376 g/mol. The number of para-hydroxylation sites is 1. The first-order valence-corrected chi connectivity index (χ1v) is 9.90. The number of amides is 2. The number of carbonyl (C=O) groups excluding carboxylic acids is 2. The van der Waals surface area contributed by atoms with Gasteiger partial charge in [0.1, 0.15) is 0 Å². The molecular formula is C18H17ClN2O4S. The van der Waals surface area contributed by atoms with E-state index in [4.69, 9.17) is 11.6 Å². The van der Waals surface area contributed by atoms with Gasteiger partial charge in [-0.25, -0.2) is 12.7 Å². The summed E-state index contributed by atoms with van der Waals surface area (Å²) in [5.74, 6) is -1.79. The van der Waals surface area contributed by atoms with Gasteiger partial charge in [0.05, 0.1) is 27.9 Å². The molecule has 0 aliphatic carbocycles. The largest absolute Gasteiger partial charge is 0.311 e. The van der Waals surface area contributed by atoms with Crippen molar-refractivity contribution in [2.24, 2.45) is 5.92 Å². The summed E-state index contributed by atoms with van der Waals surface area (Å²) in [6.07, 6.45) is 0. The fraction of sp³-hybridized carbons (Fsp3) is 0.222. The van der Waals surface area contributed by atoms with Crippen molar-refractivity contribution in [3.63, 3.8) is 0 Å². The molecule has 2 amide bonds. The monoisotopic (exact) mass is 392 g/mol. The minimum Gasteiger partial charge on any atom is -0.311 e. The average molecular weight is 393 g/mol. The number of hydrogen-bond donors (Lipinski definition) is 0. The van der Waals surface area contributed by atoms with Crippen LogP contribution >= 0.6 is 11.6 Å². The Hall–Kier alpha value is -2.38. The van der Waals surface area contributed by atoms with E-state index in [1.165, 1.54) is 23.1 Å². The van der Waals surface area contributed by atoms with Crippen LogP contribution in [0.4, 0.5) is 11.4 Å². The summed E-state index contributed by atoms with van der Waals surface area (Å²) in [7, 11) is -2.15. The number of nitrogens with zero attached hydrogens (tertiary/aromatic N) is 2. The number of sulfonamides is 1. The zero-order chi connectivity index (χ0) is 19.1. The van der Waals surface area contributed by atoms with E-state index in [9.17, 15) is 18.0 Å². The van der Waals surface area contributed by atoms with Crippen LogP contribution < -0.4 is 9.21 Å². The minimum atomic E-state index is -3.75. The molecule has 0 aromatic heterocycles. The van der Waals surface area contributed by atoms with E-state index in [1.807, 2.05) is 6.07 Å². The predicted molar refractivity (Wildman–Crippen MR) is 101 cm³/mol. The fourth-order valence-corrected chi connectivity index (χ4v) is 4.85. The number of carbonyl (C=O) groups is 2. The van der Waals surface area contributed by atoms with Crippen molar-refractivity contribution in [2.75, 3.05) is 22.0 Å². The molecule has 0 N–H and O–H groups in total. The molecule has 0 saturated carbocycles. The summed E-state index contributed by atoms with van der Waals surface area (Å²) in [5.41, 5.74) is 0.907. The van der Waals surface area contributed by atoms with Gasteiger partial charge >= 0.3 is 0 Å². The van der Waals surface area contributed by atoms with E-state index in [0.717, 1.165) is 4.31 Å². The highest BCUT2D eigenvalue weighted by atomic mass is 35.5.